The molecule has 2 fully saturated rings. The van der Waals surface area contributed by atoms with Gasteiger partial charge in [0.05, 0.1) is 23.1 Å². The lowest BCUT2D eigenvalue weighted by molar-refractivity contribution is 0.0556. The predicted octanol–water partition coefficient (Wildman–Crippen LogP) is 3.39. The van der Waals surface area contributed by atoms with Crippen LogP contribution in [0.2, 0.25) is 0 Å². The maximum absolute atomic E-state index is 14.3. The first-order valence-corrected chi connectivity index (χ1v) is 15.5. The molecule has 7 rings (SSSR count). The van der Waals surface area contributed by atoms with E-state index >= 15 is 0 Å². The minimum atomic E-state index is -3.82. The first kappa shape index (κ1) is 27.1. The van der Waals surface area contributed by atoms with Crippen LogP contribution in [0.4, 0.5) is 14.6 Å². The van der Waals surface area contributed by atoms with Crippen molar-refractivity contribution in [2.45, 2.75) is 48.6 Å². The third-order valence-electron chi connectivity index (χ3n) is 8.30. The Morgan fingerprint density at radius 1 is 1.07 bits per heavy atom. The summed E-state index contributed by atoms with van der Waals surface area (Å²) < 4.78 is 56.0. The van der Waals surface area contributed by atoms with Crippen molar-refractivity contribution < 1.29 is 22.0 Å². The molecule has 0 saturated carbocycles. The summed E-state index contributed by atoms with van der Waals surface area (Å²) in [4.78, 5) is 26.8. The highest BCUT2D eigenvalue weighted by atomic mass is 32.2. The number of rotatable bonds is 5. The Bertz CT molecular complexity index is 1960. The van der Waals surface area contributed by atoms with Crippen LogP contribution in [0.3, 0.4) is 0 Å². The van der Waals surface area contributed by atoms with E-state index in [1.807, 2.05) is 4.90 Å². The minimum Gasteiger partial charge on any atom is -0.382 e. The van der Waals surface area contributed by atoms with Gasteiger partial charge in [0.15, 0.2) is 15.5 Å². The number of carbonyl (C=O) groups is 1. The fourth-order valence-electron chi connectivity index (χ4n) is 6.49. The van der Waals surface area contributed by atoms with Crippen molar-refractivity contribution in [3.63, 3.8) is 0 Å². The number of pyridine rings is 1. The molecule has 220 valence electrons. The van der Waals surface area contributed by atoms with Crippen molar-refractivity contribution in [3.8, 4) is 22.4 Å². The Morgan fingerprint density at radius 2 is 1.79 bits per heavy atom. The molecule has 43 heavy (non-hydrogen) atoms. The van der Waals surface area contributed by atoms with E-state index in [0.717, 1.165) is 31.2 Å². The average Bonchev–Trinajstić information content (AvgIpc) is 3.71. The van der Waals surface area contributed by atoms with Crippen molar-refractivity contribution in [3.05, 3.63) is 72.2 Å². The second-order valence-corrected chi connectivity index (χ2v) is 12.9. The summed E-state index contributed by atoms with van der Waals surface area (Å²) in [7, 11) is -3.82. The zero-order valence-corrected chi connectivity index (χ0v) is 23.6. The molecule has 15 heteroatoms. The van der Waals surface area contributed by atoms with Crippen LogP contribution in [0.5, 0.6) is 0 Å². The minimum absolute atomic E-state index is 0.0701. The van der Waals surface area contributed by atoms with Crippen molar-refractivity contribution in [2.24, 2.45) is 0 Å². The van der Waals surface area contributed by atoms with Crippen molar-refractivity contribution in [1.82, 2.24) is 39.7 Å². The number of nitrogens with one attached hydrogen (secondary N) is 1. The molecule has 1 amide bonds. The van der Waals surface area contributed by atoms with E-state index in [1.165, 1.54) is 35.4 Å². The highest BCUT2D eigenvalue weighted by Crippen LogP contribution is 2.45. The number of H-pyrrole nitrogens is 1. The van der Waals surface area contributed by atoms with Gasteiger partial charge < -0.3 is 15.6 Å². The normalized spacial score (nSPS) is 20.2. The number of hydrogen-bond acceptors (Lipinski definition) is 9. The molecule has 3 N–H and O–H groups in total. The number of nitrogens with two attached hydrogens (primary N) is 1. The third-order valence-corrected chi connectivity index (χ3v) is 9.46. The third kappa shape index (κ3) is 4.42. The smallest absolute Gasteiger partial charge is 0.292 e. The lowest BCUT2D eigenvalue weighted by Gasteiger charge is -2.38. The van der Waals surface area contributed by atoms with Crippen LogP contribution < -0.4 is 5.73 Å². The number of amides is 1. The maximum Gasteiger partial charge on any atom is 0.292 e. The van der Waals surface area contributed by atoms with E-state index in [2.05, 4.69) is 25.3 Å². The van der Waals surface area contributed by atoms with Crippen LogP contribution in [-0.2, 0) is 9.84 Å². The first-order chi connectivity index (χ1) is 20.6. The molecule has 5 aromatic rings. The van der Waals surface area contributed by atoms with E-state index < -0.39 is 21.5 Å². The van der Waals surface area contributed by atoms with Gasteiger partial charge in [-0.1, -0.05) is 12.1 Å². The number of piperidine rings is 1. The molecule has 2 bridgehead atoms. The fourth-order valence-corrected chi connectivity index (χ4v) is 7.54. The van der Waals surface area contributed by atoms with Gasteiger partial charge in [-0.15, -0.1) is 10.2 Å². The molecule has 0 unspecified atom stereocenters. The zero-order chi connectivity index (χ0) is 30.0. The van der Waals surface area contributed by atoms with Crippen LogP contribution >= 0.6 is 0 Å². The number of hydrogen-bond donors (Lipinski definition) is 2. The van der Waals surface area contributed by atoms with Gasteiger partial charge in [-0.2, -0.15) is 9.61 Å². The lowest BCUT2D eigenvalue weighted by atomic mass is 9.87. The molecule has 1 aromatic carbocycles. The van der Waals surface area contributed by atoms with Gasteiger partial charge in [0, 0.05) is 41.6 Å². The largest absolute Gasteiger partial charge is 0.382 e. The van der Waals surface area contributed by atoms with Crippen LogP contribution in [0.25, 0.3) is 28.0 Å². The number of sulfone groups is 1. The van der Waals surface area contributed by atoms with Crippen LogP contribution in [0.15, 0.2) is 53.9 Å². The molecule has 3 atom stereocenters. The summed E-state index contributed by atoms with van der Waals surface area (Å²) in [6, 6.07) is 6.47. The van der Waals surface area contributed by atoms with Gasteiger partial charge in [0.2, 0.25) is 5.82 Å². The Balaban J connectivity index is 1.29. The second kappa shape index (κ2) is 9.90. The number of aromatic nitrogens is 7. The standard InChI is InChI=1S/C28H25F2N9O3S/c1-43(41,42)24-23(15-9-16-6-7-17(10-15)38(16)28(40)26-33-13-34-37-26)36-27-18(12-35-39(27)25(24)31)14-5-8-21(32-11-14)22-19(29)3-2-4-20(22)30/h2-5,8,11-13,15-17H,6-7,9-10,31H2,1H3,(H,33,34,37)/t15-,16-,17+. The Kier molecular flexibility index (Phi) is 6.23. The van der Waals surface area contributed by atoms with Gasteiger partial charge in [0.25, 0.3) is 5.91 Å². The van der Waals surface area contributed by atoms with E-state index in [1.54, 1.807) is 6.07 Å². The number of nitrogen functional groups attached to an aromatic ring is 1. The van der Waals surface area contributed by atoms with Gasteiger partial charge in [-0.25, -0.2) is 22.2 Å². The molecule has 2 aliphatic rings. The summed E-state index contributed by atoms with van der Waals surface area (Å²) in [5, 5.41) is 11.9. The molecule has 4 aromatic heterocycles. The molecule has 2 saturated heterocycles. The molecule has 12 nitrogen and oxygen atoms in total. The summed E-state index contributed by atoms with van der Waals surface area (Å²) in [6.07, 6.45) is 7.92. The van der Waals surface area contributed by atoms with Gasteiger partial charge in [-0.05, 0) is 43.9 Å². The van der Waals surface area contributed by atoms with Crippen LogP contribution in [-0.4, -0.2) is 72.3 Å². The molecule has 0 radical (unpaired) electrons. The van der Waals surface area contributed by atoms with Gasteiger partial charge in [0.1, 0.15) is 28.7 Å². The number of aromatic amines is 1. The quantitative estimate of drug-likeness (QED) is 0.305. The van der Waals surface area contributed by atoms with Gasteiger partial charge in [-0.3, -0.25) is 9.78 Å². The average molecular weight is 606 g/mol. The number of fused-ring (bicyclic) bond motifs is 3. The highest BCUT2D eigenvalue weighted by molar-refractivity contribution is 7.91. The van der Waals surface area contributed by atoms with E-state index in [4.69, 9.17) is 10.7 Å². The summed E-state index contributed by atoms with van der Waals surface area (Å²) >= 11 is 0. The molecular weight excluding hydrogens is 580 g/mol. The highest BCUT2D eigenvalue weighted by Gasteiger charge is 2.46. The van der Waals surface area contributed by atoms with Crippen LogP contribution in [0, 0.1) is 11.6 Å². The Hall–Kier alpha value is -4.79. The molecular formula is C28H25F2N9O3S. The first-order valence-electron chi connectivity index (χ1n) is 13.6. The topological polar surface area (TPSA) is 165 Å². The predicted molar refractivity (Wildman–Crippen MR) is 150 cm³/mol. The monoisotopic (exact) mass is 605 g/mol. The number of nitrogens with zero attached hydrogens (tertiary/aromatic N) is 7. The fraction of sp³-hybridized carbons (Fsp3) is 0.286. The summed E-state index contributed by atoms with van der Waals surface area (Å²) in [5.74, 6) is -1.89. The van der Waals surface area contributed by atoms with Crippen molar-refractivity contribution in [1.29, 1.82) is 0 Å². The molecule has 6 heterocycles. The number of anilines is 1. The molecule has 2 aliphatic heterocycles. The van der Waals surface area contributed by atoms with E-state index in [-0.39, 0.29) is 51.7 Å². The Morgan fingerprint density at radius 3 is 2.40 bits per heavy atom. The van der Waals surface area contributed by atoms with E-state index in [0.29, 0.717) is 35.3 Å². The maximum atomic E-state index is 14.3. The SMILES string of the molecule is CS(=O)(=O)c1c([C@@H]2C[C@H]3CC[C@@H](C2)N3C(=O)c2nnc[nH]2)nc2c(-c3ccc(-c4c(F)cccc4F)nc3)cnn2c1N. The number of halogens is 2. The Labute approximate surface area is 243 Å². The molecule has 0 aliphatic carbocycles. The van der Waals surface area contributed by atoms with Gasteiger partial charge >= 0.3 is 0 Å². The number of carbonyl (C=O) groups excluding carboxylic acids is 1. The lowest BCUT2D eigenvalue weighted by Crippen LogP contribution is -2.46. The van der Waals surface area contributed by atoms with Crippen molar-refractivity contribution in [2.75, 3.05) is 12.0 Å². The second-order valence-electron chi connectivity index (χ2n) is 10.9. The summed E-state index contributed by atoms with van der Waals surface area (Å²) in [6.45, 7) is 0. The molecule has 0 spiro atoms. The zero-order valence-electron chi connectivity index (χ0n) is 22.8. The summed E-state index contributed by atoms with van der Waals surface area (Å²) in [5.41, 5.74) is 8.05. The van der Waals surface area contributed by atoms with E-state index in [9.17, 15) is 22.0 Å². The number of benzene rings is 1. The van der Waals surface area contributed by atoms with Crippen molar-refractivity contribution >= 4 is 27.2 Å². The van der Waals surface area contributed by atoms with Crippen LogP contribution in [0.1, 0.15) is 47.9 Å².